The van der Waals surface area contributed by atoms with Gasteiger partial charge in [-0.1, -0.05) is 12.1 Å². The highest BCUT2D eigenvalue weighted by Crippen LogP contribution is 2.26. The number of carbonyl (C=O) groups excluding carboxylic acids is 2. The van der Waals surface area contributed by atoms with Crippen LogP contribution >= 0.6 is 11.3 Å². The number of nitrogens with zero attached hydrogens (tertiary/aromatic N) is 2. The number of rotatable bonds is 7. The minimum atomic E-state index is -0.740. The summed E-state index contributed by atoms with van der Waals surface area (Å²) < 4.78 is 10.1. The van der Waals surface area contributed by atoms with E-state index in [1.165, 1.54) is 29.5 Å². The fraction of sp³-hybridized carbons (Fsp3) is 0.150. The Morgan fingerprint density at radius 1 is 1.17 bits per heavy atom. The number of ether oxygens (including phenoxy) is 2. The summed E-state index contributed by atoms with van der Waals surface area (Å²) in [5.74, 6) is -0.567. The predicted octanol–water partition coefficient (Wildman–Crippen LogP) is 4.08. The Labute approximate surface area is 169 Å². The number of nitro benzene ring substituents is 1. The average Bonchev–Trinajstić information content (AvgIpc) is 3.22. The second-order valence-electron chi connectivity index (χ2n) is 6.02. The number of Topliss-reactive ketones (excluding diaryl/α,β-unsaturated/α-hetero) is 1. The van der Waals surface area contributed by atoms with Crippen molar-refractivity contribution in [2.45, 2.75) is 6.92 Å². The molecule has 1 heterocycles. The maximum Gasteiger partial charge on any atom is 0.358 e. The van der Waals surface area contributed by atoms with Crippen LogP contribution in [0.5, 0.6) is 5.75 Å². The van der Waals surface area contributed by atoms with Crippen LogP contribution < -0.4 is 4.74 Å². The van der Waals surface area contributed by atoms with E-state index in [-0.39, 0.29) is 16.9 Å². The molecular weight excluding hydrogens is 396 g/mol. The van der Waals surface area contributed by atoms with Crippen LogP contribution in [0.2, 0.25) is 0 Å². The number of thiazole rings is 1. The Kier molecular flexibility index (Phi) is 5.99. The lowest BCUT2D eigenvalue weighted by molar-refractivity contribution is -0.385. The zero-order chi connectivity index (χ0) is 21.0. The highest BCUT2D eigenvalue weighted by Gasteiger charge is 2.18. The van der Waals surface area contributed by atoms with E-state index in [2.05, 4.69) is 4.98 Å². The van der Waals surface area contributed by atoms with E-state index in [0.29, 0.717) is 16.3 Å². The lowest BCUT2D eigenvalue weighted by Gasteiger charge is -2.04. The quantitative estimate of drug-likeness (QED) is 0.249. The van der Waals surface area contributed by atoms with Gasteiger partial charge in [-0.05, 0) is 31.2 Å². The number of nitro groups is 1. The van der Waals surface area contributed by atoms with Crippen LogP contribution in [0.3, 0.4) is 0 Å². The molecule has 0 N–H and O–H groups in total. The van der Waals surface area contributed by atoms with E-state index in [9.17, 15) is 19.7 Å². The van der Waals surface area contributed by atoms with E-state index in [0.717, 1.165) is 5.56 Å². The number of hydrogen-bond acceptors (Lipinski definition) is 8. The van der Waals surface area contributed by atoms with Gasteiger partial charge in [0.1, 0.15) is 10.8 Å². The number of aromatic nitrogens is 1. The molecule has 148 valence electrons. The minimum absolute atomic E-state index is 0.0866. The Bertz CT molecular complexity index is 1070. The zero-order valence-corrected chi connectivity index (χ0v) is 16.4. The molecule has 29 heavy (non-hydrogen) atoms. The number of methoxy groups -OCH3 is 1. The normalized spacial score (nSPS) is 10.4. The Balaban J connectivity index is 1.65. The van der Waals surface area contributed by atoms with Gasteiger partial charge in [-0.25, -0.2) is 9.78 Å². The fourth-order valence-corrected chi connectivity index (χ4v) is 3.30. The molecule has 0 bridgehead atoms. The van der Waals surface area contributed by atoms with Crippen LogP contribution in [0, 0.1) is 17.0 Å². The molecule has 0 saturated heterocycles. The molecule has 0 atom stereocenters. The maximum atomic E-state index is 12.2. The van der Waals surface area contributed by atoms with Crippen LogP contribution in [0.4, 0.5) is 5.69 Å². The Morgan fingerprint density at radius 3 is 2.55 bits per heavy atom. The lowest BCUT2D eigenvalue weighted by Crippen LogP contribution is -2.14. The number of esters is 1. The minimum Gasteiger partial charge on any atom is -0.497 e. The van der Waals surface area contributed by atoms with Crippen LogP contribution in [-0.4, -0.2) is 35.4 Å². The fourth-order valence-electron chi connectivity index (χ4n) is 2.50. The third kappa shape index (κ3) is 4.64. The Hall–Kier alpha value is -3.59. The van der Waals surface area contributed by atoms with E-state index >= 15 is 0 Å². The van der Waals surface area contributed by atoms with Gasteiger partial charge in [0, 0.05) is 28.1 Å². The van der Waals surface area contributed by atoms with Gasteiger partial charge < -0.3 is 9.47 Å². The van der Waals surface area contributed by atoms with Gasteiger partial charge in [0.15, 0.2) is 12.3 Å². The third-order valence-electron chi connectivity index (χ3n) is 4.11. The number of hydrogen-bond donors (Lipinski definition) is 0. The molecule has 0 radical (unpaired) electrons. The Morgan fingerprint density at radius 2 is 1.90 bits per heavy atom. The SMILES string of the molecule is COc1ccc(-c2nc(C(=O)OCC(=O)c3ccc(C)c([N+](=O)[O-])c3)cs2)cc1. The van der Waals surface area contributed by atoms with Gasteiger partial charge in [0.2, 0.25) is 5.78 Å². The van der Waals surface area contributed by atoms with Crippen molar-refractivity contribution in [3.63, 3.8) is 0 Å². The second kappa shape index (κ2) is 8.61. The third-order valence-corrected chi connectivity index (χ3v) is 5.00. The number of carbonyl (C=O) groups is 2. The van der Waals surface area contributed by atoms with Gasteiger partial charge >= 0.3 is 5.97 Å². The molecule has 0 spiro atoms. The summed E-state index contributed by atoms with van der Waals surface area (Å²) in [5, 5.41) is 13.2. The monoisotopic (exact) mass is 412 g/mol. The van der Waals surface area contributed by atoms with Crippen molar-refractivity contribution in [3.8, 4) is 16.3 Å². The van der Waals surface area contributed by atoms with Crippen LogP contribution in [0.1, 0.15) is 26.4 Å². The van der Waals surface area contributed by atoms with E-state index in [1.807, 2.05) is 12.1 Å². The summed E-state index contributed by atoms with van der Waals surface area (Å²) in [5.41, 5.74) is 1.29. The molecule has 8 nitrogen and oxygen atoms in total. The molecule has 0 amide bonds. The maximum absolute atomic E-state index is 12.2. The molecule has 1 aromatic heterocycles. The molecule has 0 saturated carbocycles. The topological polar surface area (TPSA) is 109 Å². The standard InChI is InChI=1S/C20H16N2O6S/c1-12-3-4-14(9-17(12)22(25)26)18(23)10-28-20(24)16-11-29-19(21-16)13-5-7-15(27-2)8-6-13/h3-9,11H,10H2,1-2H3. The second-order valence-corrected chi connectivity index (χ2v) is 6.88. The number of benzene rings is 2. The average molecular weight is 412 g/mol. The first kappa shape index (κ1) is 20.2. The first-order chi connectivity index (χ1) is 13.9. The van der Waals surface area contributed by atoms with E-state index in [1.54, 1.807) is 31.5 Å². The van der Waals surface area contributed by atoms with Gasteiger partial charge in [-0.15, -0.1) is 11.3 Å². The van der Waals surface area contributed by atoms with Gasteiger partial charge in [0.25, 0.3) is 5.69 Å². The smallest absolute Gasteiger partial charge is 0.358 e. The molecule has 3 rings (SSSR count). The van der Waals surface area contributed by atoms with Crippen LogP contribution in [0.25, 0.3) is 10.6 Å². The van der Waals surface area contributed by atoms with E-state index < -0.39 is 23.3 Å². The van der Waals surface area contributed by atoms with Crippen molar-refractivity contribution in [1.82, 2.24) is 4.98 Å². The van der Waals surface area contributed by atoms with Crippen molar-refractivity contribution in [2.75, 3.05) is 13.7 Å². The largest absolute Gasteiger partial charge is 0.497 e. The van der Waals surface area contributed by atoms with Crippen molar-refractivity contribution in [1.29, 1.82) is 0 Å². The van der Waals surface area contributed by atoms with Crippen LogP contribution in [-0.2, 0) is 4.74 Å². The van der Waals surface area contributed by atoms with Crippen molar-refractivity contribution in [3.05, 3.63) is 74.8 Å². The molecule has 0 aliphatic rings. The van der Waals surface area contributed by atoms with Crippen LogP contribution in [0.15, 0.2) is 47.8 Å². The molecule has 9 heteroatoms. The molecule has 0 fully saturated rings. The van der Waals surface area contributed by atoms with Crippen molar-refractivity contribution >= 4 is 28.8 Å². The van der Waals surface area contributed by atoms with Gasteiger partial charge in [-0.2, -0.15) is 0 Å². The highest BCUT2D eigenvalue weighted by atomic mass is 32.1. The summed E-state index contributed by atoms with van der Waals surface area (Å²) in [6.07, 6.45) is 0. The summed E-state index contributed by atoms with van der Waals surface area (Å²) in [4.78, 5) is 39.1. The summed E-state index contributed by atoms with van der Waals surface area (Å²) in [6, 6.07) is 11.3. The lowest BCUT2D eigenvalue weighted by atomic mass is 10.1. The summed E-state index contributed by atoms with van der Waals surface area (Å²) in [7, 11) is 1.57. The summed E-state index contributed by atoms with van der Waals surface area (Å²) in [6.45, 7) is 1.05. The summed E-state index contributed by atoms with van der Waals surface area (Å²) >= 11 is 1.27. The molecule has 0 unspecified atom stereocenters. The molecule has 0 aliphatic heterocycles. The first-order valence-corrected chi connectivity index (χ1v) is 9.32. The zero-order valence-electron chi connectivity index (χ0n) is 15.6. The number of ketones is 1. The molecule has 3 aromatic rings. The molecule has 0 aliphatic carbocycles. The number of aryl methyl sites for hydroxylation is 1. The molecular formula is C20H16N2O6S. The van der Waals surface area contributed by atoms with Gasteiger partial charge in [-0.3, -0.25) is 14.9 Å². The van der Waals surface area contributed by atoms with Crippen molar-refractivity contribution in [2.24, 2.45) is 0 Å². The first-order valence-electron chi connectivity index (χ1n) is 8.44. The highest BCUT2D eigenvalue weighted by molar-refractivity contribution is 7.13. The van der Waals surface area contributed by atoms with Crippen molar-refractivity contribution < 1.29 is 24.0 Å². The van der Waals surface area contributed by atoms with E-state index in [4.69, 9.17) is 9.47 Å². The molecule has 2 aromatic carbocycles. The predicted molar refractivity (Wildman–Crippen MR) is 107 cm³/mol. The van der Waals surface area contributed by atoms with Gasteiger partial charge in [0.05, 0.1) is 12.0 Å².